The highest BCUT2D eigenvalue weighted by molar-refractivity contribution is 7.90. The lowest BCUT2D eigenvalue weighted by molar-refractivity contribution is 0.0764. The predicted molar refractivity (Wildman–Crippen MR) is 107 cm³/mol. The summed E-state index contributed by atoms with van der Waals surface area (Å²) in [5.41, 5.74) is 2.00. The van der Waals surface area contributed by atoms with Gasteiger partial charge >= 0.3 is 6.09 Å². The van der Waals surface area contributed by atoms with Crippen LogP contribution in [0.1, 0.15) is 50.8 Å². The van der Waals surface area contributed by atoms with E-state index in [1.807, 2.05) is 32.9 Å². The minimum Gasteiger partial charge on any atom is -0.598 e. The first-order chi connectivity index (χ1) is 12.6. The van der Waals surface area contributed by atoms with Crippen molar-refractivity contribution >= 4 is 29.1 Å². The molecule has 1 fully saturated rings. The van der Waals surface area contributed by atoms with Gasteiger partial charge < -0.3 is 19.3 Å². The summed E-state index contributed by atoms with van der Waals surface area (Å²) in [6.45, 7) is 6.77. The molecule has 3 rings (SSSR count). The molecule has 2 N–H and O–H groups in total. The number of likely N-dealkylation sites (tertiary alicyclic amines) is 1. The van der Waals surface area contributed by atoms with Gasteiger partial charge in [0.15, 0.2) is 0 Å². The van der Waals surface area contributed by atoms with E-state index >= 15 is 0 Å². The molecule has 1 heterocycles. The molecule has 0 bridgehead atoms. The maximum atomic E-state index is 12.9. The molecule has 0 unspecified atom stereocenters. The number of amides is 1. The molecule has 1 aromatic carbocycles. The van der Waals surface area contributed by atoms with E-state index in [-0.39, 0.29) is 11.5 Å². The molecule has 0 radical (unpaired) electrons. The van der Waals surface area contributed by atoms with Crippen molar-refractivity contribution in [3.8, 4) is 5.75 Å². The average Bonchev–Trinajstić information content (AvgIpc) is 2.86. The minimum atomic E-state index is -1.25. The number of benzene rings is 1. The van der Waals surface area contributed by atoms with Crippen LogP contribution < -0.4 is 9.46 Å². The number of carboxylic acid groups (broad SMARTS) is 1. The van der Waals surface area contributed by atoms with Crippen LogP contribution in [0.25, 0.3) is 0 Å². The van der Waals surface area contributed by atoms with E-state index < -0.39 is 22.2 Å². The topological polar surface area (TPSA) is 84.9 Å². The van der Waals surface area contributed by atoms with Crippen molar-refractivity contribution in [2.75, 3.05) is 20.2 Å². The van der Waals surface area contributed by atoms with Gasteiger partial charge in [-0.05, 0) is 63.3 Å². The molecule has 1 spiro atoms. The van der Waals surface area contributed by atoms with Crippen LogP contribution in [-0.2, 0) is 17.8 Å². The third-order valence-electron chi connectivity index (χ3n) is 5.69. The number of halogens is 1. The second-order valence-corrected chi connectivity index (χ2v) is 10.8. The zero-order chi connectivity index (χ0) is 20.0. The molecule has 0 saturated carbocycles. The van der Waals surface area contributed by atoms with Crippen molar-refractivity contribution in [3.05, 3.63) is 28.3 Å². The molecule has 27 heavy (non-hydrogen) atoms. The molecule has 1 aromatic rings. The number of fused-ring (bicyclic) bond motifs is 1. The van der Waals surface area contributed by atoms with E-state index in [1.54, 1.807) is 7.11 Å². The van der Waals surface area contributed by atoms with E-state index in [1.165, 1.54) is 4.90 Å². The van der Waals surface area contributed by atoms with Crippen LogP contribution in [0.15, 0.2) is 12.1 Å². The zero-order valence-electron chi connectivity index (χ0n) is 16.2. The number of nitrogens with one attached hydrogen (secondary N) is 1. The Hall–Kier alpha value is -1.15. The van der Waals surface area contributed by atoms with Gasteiger partial charge in [0.2, 0.25) is 0 Å². The highest BCUT2D eigenvalue weighted by atomic mass is 35.5. The molecule has 1 aliphatic carbocycles. The van der Waals surface area contributed by atoms with Gasteiger partial charge in [0.05, 0.1) is 18.2 Å². The average molecular weight is 415 g/mol. The Morgan fingerprint density at radius 2 is 2.04 bits per heavy atom. The Balaban J connectivity index is 1.96. The van der Waals surface area contributed by atoms with Gasteiger partial charge in [0.25, 0.3) is 0 Å². The molecule has 6 nitrogen and oxygen atoms in total. The van der Waals surface area contributed by atoms with Crippen molar-refractivity contribution in [2.24, 2.45) is 5.41 Å². The third kappa shape index (κ3) is 3.88. The molecular formula is C19H27ClN2O4S. The lowest BCUT2D eigenvalue weighted by Crippen LogP contribution is -2.50. The first-order valence-electron chi connectivity index (χ1n) is 9.10. The second-order valence-electron chi connectivity index (χ2n) is 8.43. The van der Waals surface area contributed by atoms with Gasteiger partial charge in [-0.1, -0.05) is 11.6 Å². The van der Waals surface area contributed by atoms with E-state index in [0.717, 1.165) is 17.5 Å². The van der Waals surface area contributed by atoms with Crippen LogP contribution in [0, 0.1) is 5.41 Å². The monoisotopic (exact) mass is 414 g/mol. The van der Waals surface area contributed by atoms with Gasteiger partial charge in [-0.25, -0.2) is 4.79 Å². The van der Waals surface area contributed by atoms with E-state index in [0.29, 0.717) is 36.7 Å². The molecule has 1 saturated heterocycles. The Morgan fingerprint density at radius 3 is 2.56 bits per heavy atom. The van der Waals surface area contributed by atoms with Gasteiger partial charge in [0, 0.05) is 29.9 Å². The predicted octanol–water partition coefficient (Wildman–Crippen LogP) is 3.76. The van der Waals surface area contributed by atoms with Crippen molar-refractivity contribution in [1.82, 2.24) is 9.62 Å². The number of methoxy groups -OCH3 is 1. The van der Waals surface area contributed by atoms with Gasteiger partial charge in [0.1, 0.15) is 10.5 Å². The molecule has 2 aliphatic rings. The number of ether oxygens (including phenoxy) is 1. The number of piperidine rings is 1. The highest BCUT2D eigenvalue weighted by Gasteiger charge is 2.51. The first kappa shape index (κ1) is 20.6. The maximum absolute atomic E-state index is 12.9. The molecule has 1 amide bonds. The molecule has 0 aromatic heterocycles. The fourth-order valence-corrected chi connectivity index (χ4v) is 5.28. The number of hydrogen-bond acceptors (Lipinski definition) is 4. The first-order valence-corrected chi connectivity index (χ1v) is 10.6. The Bertz CT molecular complexity index is 729. The van der Waals surface area contributed by atoms with E-state index in [2.05, 4.69) is 4.72 Å². The van der Waals surface area contributed by atoms with E-state index in [9.17, 15) is 14.5 Å². The second kappa shape index (κ2) is 7.35. The summed E-state index contributed by atoms with van der Waals surface area (Å²) in [5.74, 6) is 0.631. The van der Waals surface area contributed by atoms with Gasteiger partial charge in [-0.2, -0.15) is 0 Å². The van der Waals surface area contributed by atoms with Crippen LogP contribution in [-0.4, -0.2) is 45.6 Å². The molecular weight excluding hydrogens is 388 g/mol. The summed E-state index contributed by atoms with van der Waals surface area (Å²) >= 11 is 5.13. The van der Waals surface area contributed by atoms with Crippen molar-refractivity contribution in [2.45, 2.75) is 50.8 Å². The lowest BCUT2D eigenvalue weighted by atomic mass is 9.73. The van der Waals surface area contributed by atoms with Crippen LogP contribution in [0.4, 0.5) is 4.79 Å². The minimum absolute atomic E-state index is 0.132. The SMILES string of the molecule is COc1cc2c(cc1Cl)[C@@H](N[S@+]([O-])C(C)(C)C)C1(CCN(C(=O)O)CC1)C2. The zero-order valence-corrected chi connectivity index (χ0v) is 17.7. The summed E-state index contributed by atoms with van der Waals surface area (Å²) in [7, 11) is 1.59. The summed E-state index contributed by atoms with van der Waals surface area (Å²) in [5, 5.41) is 9.83. The van der Waals surface area contributed by atoms with Crippen LogP contribution >= 0.6 is 11.6 Å². The quantitative estimate of drug-likeness (QED) is 0.735. The van der Waals surface area contributed by atoms with Crippen LogP contribution in [0.3, 0.4) is 0 Å². The molecule has 150 valence electrons. The Labute approximate surface area is 168 Å². The fourth-order valence-electron chi connectivity index (χ4n) is 4.08. The van der Waals surface area contributed by atoms with Crippen LogP contribution in [0.5, 0.6) is 5.75 Å². The fraction of sp³-hybridized carbons (Fsp3) is 0.632. The summed E-state index contributed by atoms with van der Waals surface area (Å²) in [6, 6.07) is 3.74. The number of nitrogens with zero attached hydrogens (tertiary/aromatic N) is 1. The summed E-state index contributed by atoms with van der Waals surface area (Å²) in [4.78, 5) is 12.8. The van der Waals surface area contributed by atoms with Crippen molar-refractivity contribution in [1.29, 1.82) is 0 Å². The van der Waals surface area contributed by atoms with Crippen LogP contribution in [0.2, 0.25) is 5.02 Å². The highest BCUT2D eigenvalue weighted by Crippen LogP contribution is 2.54. The largest absolute Gasteiger partial charge is 0.598 e. The van der Waals surface area contributed by atoms with Crippen molar-refractivity contribution < 1.29 is 19.2 Å². The third-order valence-corrected chi connectivity index (χ3v) is 7.55. The summed E-state index contributed by atoms with van der Waals surface area (Å²) in [6.07, 6.45) is 1.34. The Kier molecular flexibility index (Phi) is 5.60. The van der Waals surface area contributed by atoms with E-state index in [4.69, 9.17) is 16.3 Å². The lowest BCUT2D eigenvalue weighted by Gasteiger charge is -2.43. The Morgan fingerprint density at radius 1 is 1.41 bits per heavy atom. The molecule has 2 atom stereocenters. The summed E-state index contributed by atoms with van der Waals surface area (Å²) < 4.78 is 21.2. The van der Waals surface area contributed by atoms with Gasteiger partial charge in [-0.15, -0.1) is 4.72 Å². The number of rotatable bonds is 3. The smallest absolute Gasteiger partial charge is 0.407 e. The van der Waals surface area contributed by atoms with Gasteiger partial charge in [-0.3, -0.25) is 0 Å². The molecule has 8 heteroatoms. The maximum Gasteiger partial charge on any atom is 0.407 e. The standard InChI is InChI=1S/C19H27ClN2O4S/c1-18(2,3)27(25)21-16-13-10-14(20)15(26-4)9-12(13)11-19(16)5-7-22(8-6-19)17(23)24/h9-10,16,21H,5-8,11H2,1-4H3,(H,23,24)/t16-,27-/m1/s1. The molecule has 1 aliphatic heterocycles. The number of carbonyl (C=O) groups is 1. The van der Waals surface area contributed by atoms with Crippen molar-refractivity contribution in [3.63, 3.8) is 0 Å². The normalized spacial score (nSPS) is 22.6. The number of hydrogen-bond donors (Lipinski definition) is 2.